The van der Waals surface area contributed by atoms with Gasteiger partial charge in [0.05, 0.1) is 0 Å². The Morgan fingerprint density at radius 3 is 2.62 bits per heavy atom. The van der Waals surface area contributed by atoms with Crippen molar-refractivity contribution in [1.82, 2.24) is 15.8 Å². The molecule has 3 atom stereocenters. The van der Waals surface area contributed by atoms with E-state index >= 15 is 0 Å². The topological polar surface area (TPSA) is 64.6 Å². The molecule has 0 spiro atoms. The number of hydrogen-bond donors (Lipinski definition) is 3. The van der Waals surface area contributed by atoms with Gasteiger partial charge in [-0.3, -0.25) is 4.79 Å². The molecule has 0 radical (unpaired) electrons. The summed E-state index contributed by atoms with van der Waals surface area (Å²) >= 11 is 0. The number of phenols is 1. The van der Waals surface area contributed by atoms with E-state index in [-0.39, 0.29) is 29.6 Å². The monoisotopic (exact) mass is 397 g/mol. The summed E-state index contributed by atoms with van der Waals surface area (Å²) in [6, 6.07) is 13.6. The van der Waals surface area contributed by atoms with Crippen LogP contribution in [0.5, 0.6) is 5.75 Å². The minimum Gasteiger partial charge on any atom is -0.508 e. The molecule has 2 aliphatic heterocycles. The smallest absolute Gasteiger partial charge is 0.241 e. The normalized spacial score (nSPS) is 24.6. The van der Waals surface area contributed by atoms with Crippen LogP contribution in [0, 0.1) is 11.7 Å². The molecule has 0 aromatic heterocycles. The fraction of sp³-hybridized carbons (Fsp3) is 0.435. The van der Waals surface area contributed by atoms with Crippen molar-refractivity contribution >= 4 is 5.91 Å². The molecular weight excluding hydrogens is 369 g/mol. The lowest BCUT2D eigenvalue weighted by molar-refractivity contribution is -0.135. The van der Waals surface area contributed by atoms with Gasteiger partial charge in [0.25, 0.3) is 0 Å². The number of aromatic hydroxyl groups is 1. The molecular formula is C23H28FN3O2. The van der Waals surface area contributed by atoms with Crippen LogP contribution in [0.2, 0.25) is 0 Å². The third kappa shape index (κ3) is 4.95. The molecule has 29 heavy (non-hydrogen) atoms. The van der Waals surface area contributed by atoms with Crippen molar-refractivity contribution < 1.29 is 14.3 Å². The van der Waals surface area contributed by atoms with Crippen molar-refractivity contribution in [3.05, 3.63) is 65.5 Å². The fourth-order valence-electron chi connectivity index (χ4n) is 4.39. The predicted molar refractivity (Wildman–Crippen MR) is 110 cm³/mol. The zero-order valence-corrected chi connectivity index (χ0v) is 16.5. The first-order valence-electron chi connectivity index (χ1n) is 10.4. The number of hydrazine groups is 1. The average Bonchev–Trinajstić information content (AvgIpc) is 3.24. The highest BCUT2D eigenvalue weighted by Gasteiger charge is 2.34. The molecule has 2 saturated heterocycles. The Bertz CT molecular complexity index is 825. The number of aryl methyl sites for hydroxylation is 1. The summed E-state index contributed by atoms with van der Waals surface area (Å²) in [7, 11) is 0. The van der Waals surface area contributed by atoms with E-state index in [9.17, 15) is 14.3 Å². The van der Waals surface area contributed by atoms with E-state index < -0.39 is 0 Å². The number of amides is 1. The maximum Gasteiger partial charge on any atom is 0.241 e. The van der Waals surface area contributed by atoms with Crippen molar-refractivity contribution in [1.29, 1.82) is 0 Å². The van der Waals surface area contributed by atoms with E-state index in [1.807, 2.05) is 29.2 Å². The molecule has 3 unspecified atom stereocenters. The van der Waals surface area contributed by atoms with Crippen LogP contribution in [0.4, 0.5) is 4.39 Å². The summed E-state index contributed by atoms with van der Waals surface area (Å²) in [5.74, 6) is 0.684. The number of halogens is 1. The van der Waals surface area contributed by atoms with Gasteiger partial charge in [-0.2, -0.15) is 0 Å². The van der Waals surface area contributed by atoms with Gasteiger partial charge in [-0.15, -0.1) is 0 Å². The van der Waals surface area contributed by atoms with E-state index in [1.165, 1.54) is 12.1 Å². The number of carbonyl (C=O) groups is 1. The van der Waals surface area contributed by atoms with Crippen LogP contribution >= 0.6 is 0 Å². The molecule has 5 nitrogen and oxygen atoms in total. The third-order valence-electron chi connectivity index (χ3n) is 6.08. The highest BCUT2D eigenvalue weighted by molar-refractivity contribution is 5.82. The molecule has 2 fully saturated rings. The Hall–Kier alpha value is -2.44. The van der Waals surface area contributed by atoms with Gasteiger partial charge in [-0.05, 0) is 73.4 Å². The second-order valence-electron chi connectivity index (χ2n) is 8.18. The fourth-order valence-corrected chi connectivity index (χ4v) is 4.39. The number of piperidine rings is 1. The molecule has 2 aromatic carbocycles. The molecule has 3 N–H and O–H groups in total. The molecule has 1 amide bonds. The maximum atomic E-state index is 13.1. The lowest BCUT2D eigenvalue weighted by Crippen LogP contribution is -2.49. The number of likely N-dealkylation sites (tertiary alicyclic amines) is 1. The van der Waals surface area contributed by atoms with Crippen molar-refractivity contribution in [3.8, 4) is 5.75 Å². The Kier molecular flexibility index (Phi) is 6.11. The minimum absolute atomic E-state index is 0.0589. The SMILES string of the molecule is O=C(C1CC(c2ccc(O)cc2)NN1)N1CCCC(CCc2ccc(F)cc2)C1. The van der Waals surface area contributed by atoms with Gasteiger partial charge in [-0.1, -0.05) is 24.3 Å². The maximum absolute atomic E-state index is 13.1. The zero-order valence-electron chi connectivity index (χ0n) is 16.5. The van der Waals surface area contributed by atoms with Crippen molar-refractivity contribution in [2.75, 3.05) is 13.1 Å². The Morgan fingerprint density at radius 2 is 1.86 bits per heavy atom. The third-order valence-corrected chi connectivity index (χ3v) is 6.08. The summed E-state index contributed by atoms with van der Waals surface area (Å²) < 4.78 is 13.1. The number of nitrogens with one attached hydrogen (secondary N) is 2. The lowest BCUT2D eigenvalue weighted by atomic mass is 9.91. The van der Waals surface area contributed by atoms with Gasteiger partial charge in [0, 0.05) is 19.1 Å². The molecule has 2 aromatic rings. The quantitative estimate of drug-likeness (QED) is 0.724. The van der Waals surface area contributed by atoms with E-state index in [1.54, 1.807) is 12.1 Å². The first-order valence-corrected chi connectivity index (χ1v) is 10.4. The van der Waals surface area contributed by atoms with Gasteiger partial charge in [0.1, 0.15) is 17.6 Å². The molecule has 4 rings (SSSR count). The molecule has 0 bridgehead atoms. The van der Waals surface area contributed by atoms with Gasteiger partial charge >= 0.3 is 0 Å². The van der Waals surface area contributed by atoms with Crippen LogP contribution in [-0.4, -0.2) is 35.0 Å². The minimum atomic E-state index is -0.232. The molecule has 0 saturated carbocycles. The summed E-state index contributed by atoms with van der Waals surface area (Å²) in [4.78, 5) is 15.0. The Balaban J connectivity index is 1.29. The van der Waals surface area contributed by atoms with Crippen molar-refractivity contribution in [2.24, 2.45) is 5.92 Å². The van der Waals surface area contributed by atoms with Gasteiger partial charge in [-0.25, -0.2) is 15.2 Å². The lowest BCUT2D eigenvalue weighted by Gasteiger charge is -2.34. The summed E-state index contributed by atoms with van der Waals surface area (Å²) in [6.07, 6.45) is 4.79. The van der Waals surface area contributed by atoms with E-state index in [2.05, 4.69) is 10.9 Å². The number of carbonyl (C=O) groups excluding carboxylic acids is 1. The van der Waals surface area contributed by atoms with E-state index in [4.69, 9.17) is 0 Å². The molecule has 6 heteroatoms. The summed E-state index contributed by atoms with van der Waals surface area (Å²) in [6.45, 7) is 1.61. The summed E-state index contributed by atoms with van der Waals surface area (Å²) in [5, 5.41) is 9.45. The van der Waals surface area contributed by atoms with Crippen LogP contribution in [-0.2, 0) is 11.2 Å². The van der Waals surface area contributed by atoms with Crippen molar-refractivity contribution in [3.63, 3.8) is 0 Å². The average molecular weight is 397 g/mol. The van der Waals surface area contributed by atoms with Crippen molar-refractivity contribution in [2.45, 2.75) is 44.2 Å². The molecule has 0 aliphatic carbocycles. The zero-order chi connectivity index (χ0) is 20.2. The standard InChI is InChI=1S/C23H28FN3O2/c24-19-9-5-16(6-10-19)3-4-17-2-1-13-27(15-17)23(29)22-14-21(25-26-22)18-7-11-20(28)12-8-18/h5-12,17,21-22,25-26,28H,1-4,13-15H2. The Labute approximate surface area is 170 Å². The predicted octanol–water partition coefficient (Wildman–Crippen LogP) is 3.31. The first-order chi connectivity index (χ1) is 14.1. The second kappa shape index (κ2) is 8.93. The second-order valence-corrected chi connectivity index (χ2v) is 8.18. The van der Waals surface area contributed by atoms with Gasteiger partial charge in [0.2, 0.25) is 5.91 Å². The molecule has 2 aliphatic rings. The number of hydrogen-bond acceptors (Lipinski definition) is 4. The highest BCUT2D eigenvalue weighted by atomic mass is 19.1. The van der Waals surface area contributed by atoms with Gasteiger partial charge < -0.3 is 10.0 Å². The van der Waals surface area contributed by atoms with Crippen LogP contribution in [0.25, 0.3) is 0 Å². The summed E-state index contributed by atoms with van der Waals surface area (Å²) in [5.41, 5.74) is 8.57. The number of phenolic OH excluding ortho intramolecular Hbond substituents is 1. The Morgan fingerprint density at radius 1 is 1.10 bits per heavy atom. The van der Waals surface area contributed by atoms with Crippen LogP contribution < -0.4 is 10.9 Å². The van der Waals surface area contributed by atoms with Crippen LogP contribution in [0.3, 0.4) is 0 Å². The van der Waals surface area contributed by atoms with Crippen LogP contribution in [0.15, 0.2) is 48.5 Å². The highest BCUT2D eigenvalue weighted by Crippen LogP contribution is 2.27. The first kappa shape index (κ1) is 19.9. The van der Waals surface area contributed by atoms with E-state index in [0.29, 0.717) is 12.3 Å². The van der Waals surface area contributed by atoms with Gasteiger partial charge in [0.15, 0.2) is 0 Å². The van der Waals surface area contributed by atoms with E-state index in [0.717, 1.165) is 49.9 Å². The largest absolute Gasteiger partial charge is 0.508 e. The number of rotatable bonds is 5. The number of nitrogens with zero attached hydrogens (tertiary/aromatic N) is 1. The molecule has 154 valence electrons. The van der Waals surface area contributed by atoms with Crippen LogP contribution in [0.1, 0.15) is 42.9 Å². The molecule has 2 heterocycles. The number of benzene rings is 2.